The van der Waals surface area contributed by atoms with Gasteiger partial charge in [0.1, 0.15) is 6.61 Å². The van der Waals surface area contributed by atoms with Crippen molar-refractivity contribution in [2.24, 2.45) is 5.73 Å². The summed E-state index contributed by atoms with van der Waals surface area (Å²) in [7, 11) is 0. The van der Waals surface area contributed by atoms with Crippen molar-refractivity contribution in [1.82, 2.24) is 10.1 Å². The highest BCUT2D eigenvalue weighted by Gasteiger charge is 2.14. The Morgan fingerprint density at radius 3 is 2.81 bits per heavy atom. The van der Waals surface area contributed by atoms with Gasteiger partial charge in [0.25, 0.3) is 5.89 Å². The first-order valence-electron chi connectivity index (χ1n) is 5.40. The fourth-order valence-electron chi connectivity index (χ4n) is 1.03. The van der Waals surface area contributed by atoms with Crippen molar-refractivity contribution in [1.29, 1.82) is 0 Å². The van der Waals surface area contributed by atoms with E-state index >= 15 is 0 Å². The molecule has 6 nitrogen and oxygen atoms in total. The van der Waals surface area contributed by atoms with E-state index in [0.29, 0.717) is 31.5 Å². The second-order valence-corrected chi connectivity index (χ2v) is 3.67. The minimum atomic E-state index is -0.350. The molecule has 0 aliphatic heterocycles. The lowest BCUT2D eigenvalue weighted by molar-refractivity contribution is 0.0485. The molecule has 1 unspecified atom stereocenters. The van der Waals surface area contributed by atoms with Crippen LogP contribution in [-0.4, -0.2) is 29.5 Å². The fraction of sp³-hybridized carbons (Fsp3) is 0.800. The molecule has 0 saturated heterocycles. The number of hydrogen-bond acceptors (Lipinski definition) is 6. The van der Waals surface area contributed by atoms with Crippen molar-refractivity contribution in [2.75, 3.05) is 13.2 Å². The van der Waals surface area contributed by atoms with E-state index in [4.69, 9.17) is 19.7 Å². The average molecular weight is 229 g/mol. The van der Waals surface area contributed by atoms with Gasteiger partial charge in [-0.05, 0) is 20.8 Å². The highest BCUT2D eigenvalue weighted by molar-refractivity contribution is 4.92. The minimum absolute atomic E-state index is 0.132. The first kappa shape index (κ1) is 13.1. The van der Waals surface area contributed by atoms with E-state index in [2.05, 4.69) is 10.1 Å². The molecule has 0 spiro atoms. The lowest BCUT2D eigenvalue weighted by Gasteiger charge is -2.05. The zero-order valence-corrected chi connectivity index (χ0v) is 9.97. The van der Waals surface area contributed by atoms with Crippen LogP contribution in [0.25, 0.3) is 0 Å². The normalized spacial score (nSPS) is 13.3. The number of aromatic nitrogens is 2. The topological polar surface area (TPSA) is 83.4 Å². The van der Waals surface area contributed by atoms with E-state index in [-0.39, 0.29) is 12.1 Å². The van der Waals surface area contributed by atoms with Crippen LogP contribution in [0, 0.1) is 0 Å². The fourth-order valence-corrected chi connectivity index (χ4v) is 1.03. The lowest BCUT2D eigenvalue weighted by Crippen LogP contribution is -2.18. The Morgan fingerprint density at radius 2 is 2.19 bits per heavy atom. The monoisotopic (exact) mass is 229 g/mol. The van der Waals surface area contributed by atoms with Gasteiger partial charge in [-0.15, -0.1) is 0 Å². The SMILES string of the molecule is CCOCC(N)c1noc(COC(C)C)n1. The maximum absolute atomic E-state index is 5.80. The first-order chi connectivity index (χ1) is 7.63. The molecule has 0 amide bonds. The summed E-state index contributed by atoms with van der Waals surface area (Å²) in [6.07, 6.45) is 0.132. The summed E-state index contributed by atoms with van der Waals surface area (Å²) >= 11 is 0. The molecule has 0 aliphatic rings. The average Bonchev–Trinajstić information content (AvgIpc) is 2.71. The van der Waals surface area contributed by atoms with Crippen LogP contribution in [0.1, 0.15) is 38.5 Å². The summed E-state index contributed by atoms with van der Waals surface area (Å²) in [6, 6.07) is -0.350. The van der Waals surface area contributed by atoms with E-state index in [1.165, 1.54) is 0 Å². The van der Waals surface area contributed by atoms with E-state index in [9.17, 15) is 0 Å². The van der Waals surface area contributed by atoms with Crippen molar-refractivity contribution < 1.29 is 14.0 Å². The Bertz CT molecular complexity index is 301. The molecule has 0 radical (unpaired) electrons. The first-order valence-corrected chi connectivity index (χ1v) is 5.40. The highest BCUT2D eigenvalue weighted by Crippen LogP contribution is 2.08. The van der Waals surface area contributed by atoms with Gasteiger partial charge in [-0.1, -0.05) is 5.16 Å². The molecule has 0 saturated carbocycles. The number of nitrogens with zero attached hydrogens (tertiary/aromatic N) is 2. The van der Waals surface area contributed by atoms with Gasteiger partial charge in [0.15, 0.2) is 5.82 Å². The van der Waals surface area contributed by atoms with Crippen LogP contribution in [-0.2, 0) is 16.1 Å². The Morgan fingerprint density at radius 1 is 1.44 bits per heavy atom. The van der Waals surface area contributed by atoms with Crippen molar-refractivity contribution in [3.05, 3.63) is 11.7 Å². The summed E-state index contributed by atoms with van der Waals surface area (Å²) in [6.45, 7) is 7.11. The number of ether oxygens (including phenoxy) is 2. The zero-order chi connectivity index (χ0) is 12.0. The maximum Gasteiger partial charge on any atom is 0.252 e. The van der Waals surface area contributed by atoms with Crippen molar-refractivity contribution in [3.63, 3.8) is 0 Å². The van der Waals surface area contributed by atoms with Crippen LogP contribution in [0.4, 0.5) is 0 Å². The second kappa shape index (κ2) is 6.57. The predicted octanol–water partition coefficient (Wildman–Crippen LogP) is 1.03. The van der Waals surface area contributed by atoms with Crippen molar-refractivity contribution in [2.45, 2.75) is 39.5 Å². The molecule has 1 atom stereocenters. The molecule has 1 heterocycles. The Hall–Kier alpha value is -0.980. The van der Waals surface area contributed by atoms with Crippen molar-refractivity contribution in [3.8, 4) is 0 Å². The quantitative estimate of drug-likeness (QED) is 0.751. The molecule has 6 heteroatoms. The summed E-state index contributed by atoms with van der Waals surface area (Å²) in [4.78, 5) is 4.13. The molecular weight excluding hydrogens is 210 g/mol. The molecule has 0 bridgehead atoms. The predicted molar refractivity (Wildman–Crippen MR) is 57.6 cm³/mol. The van der Waals surface area contributed by atoms with Gasteiger partial charge in [0.2, 0.25) is 0 Å². The molecule has 92 valence electrons. The van der Waals surface area contributed by atoms with E-state index in [0.717, 1.165) is 0 Å². The summed E-state index contributed by atoms with van der Waals surface area (Å²) in [5.74, 6) is 0.895. The molecule has 1 aromatic rings. The molecule has 2 N–H and O–H groups in total. The zero-order valence-electron chi connectivity index (χ0n) is 9.97. The summed E-state index contributed by atoms with van der Waals surface area (Å²) in [5.41, 5.74) is 5.80. The molecule has 16 heavy (non-hydrogen) atoms. The van der Waals surface area contributed by atoms with Crippen LogP contribution >= 0.6 is 0 Å². The number of nitrogens with two attached hydrogens (primary N) is 1. The van der Waals surface area contributed by atoms with E-state index < -0.39 is 0 Å². The van der Waals surface area contributed by atoms with Crippen molar-refractivity contribution >= 4 is 0 Å². The largest absolute Gasteiger partial charge is 0.380 e. The van der Waals surface area contributed by atoms with Crippen LogP contribution < -0.4 is 5.73 Å². The van der Waals surface area contributed by atoms with Crippen LogP contribution in [0.5, 0.6) is 0 Å². The second-order valence-electron chi connectivity index (χ2n) is 3.67. The molecular formula is C10H19N3O3. The van der Waals surface area contributed by atoms with E-state index in [1.54, 1.807) is 0 Å². The molecule has 1 rings (SSSR count). The van der Waals surface area contributed by atoms with Gasteiger partial charge in [-0.3, -0.25) is 0 Å². The lowest BCUT2D eigenvalue weighted by atomic mass is 10.3. The third-order valence-electron chi connectivity index (χ3n) is 1.86. The Labute approximate surface area is 95.1 Å². The van der Waals surface area contributed by atoms with Gasteiger partial charge in [-0.25, -0.2) is 0 Å². The minimum Gasteiger partial charge on any atom is -0.380 e. The molecule has 1 aromatic heterocycles. The standard InChI is InChI=1S/C10H19N3O3/c1-4-14-5-8(11)10-12-9(16-13-10)6-15-7(2)3/h7-8H,4-6,11H2,1-3H3. The third-order valence-corrected chi connectivity index (χ3v) is 1.86. The smallest absolute Gasteiger partial charge is 0.252 e. The van der Waals surface area contributed by atoms with Gasteiger partial charge in [0.05, 0.1) is 18.8 Å². The third kappa shape index (κ3) is 4.26. The summed E-state index contributed by atoms with van der Waals surface area (Å²) < 4.78 is 15.5. The summed E-state index contributed by atoms with van der Waals surface area (Å²) in [5, 5.41) is 3.78. The highest BCUT2D eigenvalue weighted by atomic mass is 16.5. The Kier molecular flexibility index (Phi) is 5.37. The van der Waals surface area contributed by atoms with Crippen LogP contribution in [0.2, 0.25) is 0 Å². The van der Waals surface area contributed by atoms with Gasteiger partial charge < -0.3 is 19.7 Å². The van der Waals surface area contributed by atoms with Crippen LogP contribution in [0.15, 0.2) is 4.52 Å². The molecule has 0 aromatic carbocycles. The van der Waals surface area contributed by atoms with Crippen LogP contribution in [0.3, 0.4) is 0 Å². The van der Waals surface area contributed by atoms with E-state index in [1.807, 2.05) is 20.8 Å². The number of hydrogen-bond donors (Lipinski definition) is 1. The Balaban J connectivity index is 2.43. The number of rotatable bonds is 7. The van der Waals surface area contributed by atoms with Gasteiger partial charge >= 0.3 is 0 Å². The van der Waals surface area contributed by atoms with Gasteiger partial charge in [-0.2, -0.15) is 4.98 Å². The van der Waals surface area contributed by atoms with Gasteiger partial charge in [0, 0.05) is 6.61 Å². The molecule has 0 fully saturated rings. The maximum atomic E-state index is 5.80. The molecule has 0 aliphatic carbocycles.